The van der Waals surface area contributed by atoms with Gasteiger partial charge in [-0.1, -0.05) is 25.6 Å². The van der Waals surface area contributed by atoms with Crippen LogP contribution in [0.25, 0.3) is 22.2 Å². The van der Waals surface area contributed by atoms with E-state index in [1.54, 1.807) is 12.3 Å². The maximum absolute atomic E-state index is 9.81. The zero-order valence-corrected chi connectivity index (χ0v) is 8.51. The van der Waals surface area contributed by atoms with Crippen LogP contribution < -0.4 is 0 Å². The van der Waals surface area contributed by atoms with Crippen LogP contribution in [0.5, 0.6) is 5.75 Å². The predicted molar refractivity (Wildman–Crippen MR) is 69.9 cm³/mol. The van der Waals surface area contributed by atoms with E-state index in [-0.39, 0.29) is 13.2 Å². The quantitative estimate of drug-likeness (QED) is 0.666. The normalized spacial score (nSPS) is 10.1. The van der Waals surface area contributed by atoms with Crippen LogP contribution in [0, 0.1) is 0 Å². The van der Waals surface area contributed by atoms with Crippen molar-refractivity contribution in [1.29, 1.82) is 0 Å². The fraction of sp³-hybridized carbons (Fsp3) is 0.0714. The summed E-state index contributed by atoms with van der Waals surface area (Å²) in [6.07, 6.45) is 3.61. The molecule has 2 N–H and O–H groups in total. The number of aromatic amines is 1. The lowest BCUT2D eigenvalue weighted by Crippen LogP contribution is -1.77. The Hall–Kier alpha value is -2.29. The summed E-state index contributed by atoms with van der Waals surface area (Å²) in [6, 6.07) is 11.2. The molecule has 0 saturated heterocycles. The molecule has 0 saturated carbocycles. The topological polar surface area (TPSA) is 48.9 Å². The summed E-state index contributed by atoms with van der Waals surface area (Å²) in [5.41, 5.74) is 2.63. The average Bonchev–Trinajstić information content (AvgIpc) is 2.74. The van der Waals surface area contributed by atoms with Gasteiger partial charge in [-0.3, -0.25) is 0 Å². The molecule has 2 aromatic heterocycles. The van der Waals surface area contributed by atoms with Gasteiger partial charge in [-0.05, 0) is 18.2 Å². The van der Waals surface area contributed by atoms with Crippen molar-refractivity contribution in [1.82, 2.24) is 9.97 Å². The molecule has 0 atom stereocenters. The Morgan fingerprint density at radius 1 is 1.00 bits per heavy atom. The largest absolute Gasteiger partial charge is 0.507 e. The van der Waals surface area contributed by atoms with Gasteiger partial charge in [0.15, 0.2) is 0 Å². The van der Waals surface area contributed by atoms with Gasteiger partial charge in [0.25, 0.3) is 0 Å². The smallest absolute Gasteiger partial charge is 0.137 e. The highest BCUT2D eigenvalue weighted by Gasteiger charge is 2.08. The summed E-state index contributed by atoms with van der Waals surface area (Å²) in [6.45, 7) is 0. The molecule has 3 nitrogen and oxygen atoms in total. The number of phenolic OH excluding ortho intramolecular Hbond substituents is 1. The van der Waals surface area contributed by atoms with Crippen LogP contribution in [0.2, 0.25) is 0 Å². The second-order valence-electron chi connectivity index (χ2n) is 3.62. The number of rotatable bonds is 1. The number of aromatic nitrogens is 2. The minimum absolute atomic E-state index is 0. The fourth-order valence-electron chi connectivity index (χ4n) is 1.88. The maximum Gasteiger partial charge on any atom is 0.137 e. The first-order valence-electron chi connectivity index (χ1n) is 5.07. The summed E-state index contributed by atoms with van der Waals surface area (Å²) in [7, 11) is 0. The molecule has 2 heterocycles. The van der Waals surface area contributed by atoms with Crippen molar-refractivity contribution in [2.75, 3.05) is 0 Å². The molecular weight excluding hydrogens is 212 g/mol. The first-order valence-corrected chi connectivity index (χ1v) is 5.07. The Kier molecular flexibility index (Phi) is 2.83. The van der Waals surface area contributed by atoms with Gasteiger partial charge in [0, 0.05) is 28.9 Å². The highest BCUT2D eigenvalue weighted by atomic mass is 16.3. The lowest BCUT2D eigenvalue weighted by atomic mass is 10.1. The molecule has 0 aliphatic carbocycles. The molecule has 0 unspecified atom stereocenters. The highest BCUT2D eigenvalue weighted by molar-refractivity contribution is 5.94. The molecule has 3 heteroatoms. The third kappa shape index (κ3) is 1.76. The van der Waals surface area contributed by atoms with Gasteiger partial charge in [-0.25, -0.2) is 4.98 Å². The van der Waals surface area contributed by atoms with E-state index in [4.69, 9.17) is 0 Å². The van der Waals surface area contributed by atoms with Crippen LogP contribution in [0.15, 0.2) is 48.8 Å². The minimum atomic E-state index is 0. The molecule has 1 aromatic carbocycles. The lowest BCUT2D eigenvalue weighted by molar-refractivity contribution is 0.477. The Labute approximate surface area is 99.8 Å². The van der Waals surface area contributed by atoms with Gasteiger partial charge in [0.1, 0.15) is 11.4 Å². The third-order valence-electron chi connectivity index (χ3n) is 2.65. The summed E-state index contributed by atoms with van der Waals surface area (Å²) >= 11 is 0. The summed E-state index contributed by atoms with van der Waals surface area (Å²) < 4.78 is 0. The molecule has 0 fully saturated rings. The van der Waals surface area contributed by atoms with Crippen molar-refractivity contribution in [3.63, 3.8) is 0 Å². The monoisotopic (exact) mass is 226 g/mol. The van der Waals surface area contributed by atoms with Crippen molar-refractivity contribution < 1.29 is 5.11 Å². The summed E-state index contributed by atoms with van der Waals surface area (Å²) in [4.78, 5) is 7.31. The molecule has 0 aliphatic rings. The number of hydrogen-bond acceptors (Lipinski definition) is 2. The summed E-state index contributed by atoms with van der Waals surface area (Å²) in [5, 5.41) is 10.8. The van der Waals surface area contributed by atoms with E-state index in [9.17, 15) is 5.11 Å². The van der Waals surface area contributed by atoms with Crippen molar-refractivity contribution in [3.05, 3.63) is 48.8 Å². The number of pyridine rings is 1. The molecule has 0 amide bonds. The van der Waals surface area contributed by atoms with E-state index in [1.807, 2.05) is 36.5 Å². The Bertz CT molecular complexity index is 643. The molecule has 86 valence electrons. The number of hydrogen-bond donors (Lipinski definition) is 2. The van der Waals surface area contributed by atoms with Gasteiger partial charge in [0.2, 0.25) is 0 Å². The molecule has 0 spiro atoms. The van der Waals surface area contributed by atoms with E-state index >= 15 is 0 Å². The second-order valence-corrected chi connectivity index (χ2v) is 3.62. The zero-order chi connectivity index (χ0) is 11.0. The number of fused-ring (bicyclic) bond motifs is 1. The first-order chi connectivity index (χ1) is 7.86. The van der Waals surface area contributed by atoms with Crippen molar-refractivity contribution in [2.24, 2.45) is 0 Å². The first kappa shape index (κ1) is 11.2. The molecule has 3 aromatic rings. The van der Waals surface area contributed by atoms with Crippen LogP contribution >= 0.6 is 0 Å². The molecule has 17 heavy (non-hydrogen) atoms. The Balaban J connectivity index is 0.00000108. The van der Waals surface area contributed by atoms with Gasteiger partial charge >= 0.3 is 0 Å². The van der Waals surface area contributed by atoms with Crippen LogP contribution in [0.3, 0.4) is 0 Å². The van der Waals surface area contributed by atoms with Crippen LogP contribution in [0.4, 0.5) is 0 Å². The predicted octanol–water partition coefficient (Wildman–Crippen LogP) is 3.57. The average molecular weight is 226 g/mol. The molecule has 3 rings (SSSR count). The van der Waals surface area contributed by atoms with Crippen LogP contribution in [-0.2, 0) is 0 Å². The number of H-pyrrole nitrogens is 1. The zero-order valence-electron chi connectivity index (χ0n) is 8.51. The third-order valence-corrected chi connectivity index (χ3v) is 2.65. The molecule has 0 aliphatic heterocycles. The number of para-hydroxylation sites is 1. The molecular formula is C14H14N2O. The Morgan fingerprint density at radius 3 is 2.65 bits per heavy atom. The van der Waals surface area contributed by atoms with E-state index in [0.29, 0.717) is 0 Å². The fourth-order valence-corrected chi connectivity index (χ4v) is 1.88. The van der Waals surface area contributed by atoms with Crippen molar-refractivity contribution in [2.45, 2.75) is 7.43 Å². The summed E-state index contributed by atoms with van der Waals surface area (Å²) in [5.74, 6) is 0.284. The van der Waals surface area contributed by atoms with Crippen molar-refractivity contribution in [3.8, 4) is 16.9 Å². The number of aromatic hydroxyl groups is 1. The van der Waals surface area contributed by atoms with E-state index in [0.717, 1.165) is 22.2 Å². The van der Waals surface area contributed by atoms with Crippen LogP contribution in [0.1, 0.15) is 7.43 Å². The van der Waals surface area contributed by atoms with Gasteiger partial charge < -0.3 is 10.1 Å². The number of phenols is 1. The lowest BCUT2D eigenvalue weighted by Gasteiger charge is -2.01. The second kappa shape index (κ2) is 4.29. The number of nitrogens with one attached hydrogen (secondary N) is 1. The van der Waals surface area contributed by atoms with E-state index < -0.39 is 0 Å². The van der Waals surface area contributed by atoms with E-state index in [1.165, 1.54) is 0 Å². The van der Waals surface area contributed by atoms with Crippen molar-refractivity contribution >= 4 is 11.0 Å². The number of benzene rings is 1. The van der Waals surface area contributed by atoms with Gasteiger partial charge in [-0.2, -0.15) is 0 Å². The Morgan fingerprint density at radius 2 is 1.82 bits per heavy atom. The van der Waals surface area contributed by atoms with E-state index in [2.05, 4.69) is 9.97 Å². The van der Waals surface area contributed by atoms with Gasteiger partial charge in [0.05, 0.1) is 0 Å². The van der Waals surface area contributed by atoms with Crippen LogP contribution in [-0.4, -0.2) is 15.1 Å². The number of nitrogens with zero attached hydrogens (tertiary/aromatic N) is 1. The SMILES string of the molecule is C.Oc1ccccc1-c1c[nH]c2ncccc12. The highest BCUT2D eigenvalue weighted by Crippen LogP contribution is 2.33. The molecule has 0 radical (unpaired) electrons. The minimum Gasteiger partial charge on any atom is -0.507 e. The van der Waals surface area contributed by atoms with Gasteiger partial charge in [-0.15, -0.1) is 0 Å². The maximum atomic E-state index is 9.81. The standard InChI is InChI=1S/C13H10N2O.CH4/c16-12-6-2-1-4-9(12)11-8-15-13-10(11)5-3-7-14-13;/h1-8,16H,(H,14,15);1H4. The molecule has 0 bridgehead atoms.